The zero-order chi connectivity index (χ0) is 16.1. The SMILES string of the molecule is O=C(N/N=C/c1cccc2c1OCCCO2)c1cccc(O)c1. The van der Waals surface area contributed by atoms with Gasteiger partial charge in [0, 0.05) is 17.5 Å². The Morgan fingerprint density at radius 3 is 2.87 bits per heavy atom. The molecule has 1 amide bonds. The van der Waals surface area contributed by atoms with Crippen LogP contribution < -0.4 is 14.9 Å². The smallest absolute Gasteiger partial charge is 0.271 e. The maximum Gasteiger partial charge on any atom is 0.271 e. The van der Waals surface area contributed by atoms with E-state index in [0.717, 1.165) is 12.0 Å². The molecular formula is C17H16N2O4. The van der Waals surface area contributed by atoms with E-state index >= 15 is 0 Å². The quantitative estimate of drug-likeness (QED) is 0.673. The predicted octanol–water partition coefficient (Wildman–Crippen LogP) is 2.32. The minimum Gasteiger partial charge on any atom is -0.508 e. The van der Waals surface area contributed by atoms with Crippen LogP contribution in [0.4, 0.5) is 0 Å². The van der Waals surface area contributed by atoms with Crippen LogP contribution in [0.3, 0.4) is 0 Å². The van der Waals surface area contributed by atoms with E-state index < -0.39 is 5.91 Å². The summed E-state index contributed by atoms with van der Waals surface area (Å²) in [6.45, 7) is 1.19. The van der Waals surface area contributed by atoms with Gasteiger partial charge in [0.05, 0.1) is 19.4 Å². The van der Waals surface area contributed by atoms with Crippen LogP contribution in [0.25, 0.3) is 0 Å². The normalized spacial score (nSPS) is 13.6. The van der Waals surface area contributed by atoms with Crippen molar-refractivity contribution in [2.75, 3.05) is 13.2 Å². The van der Waals surface area contributed by atoms with Gasteiger partial charge in [0.25, 0.3) is 5.91 Å². The minimum absolute atomic E-state index is 0.0283. The number of amides is 1. The van der Waals surface area contributed by atoms with Crippen molar-refractivity contribution in [2.24, 2.45) is 5.10 Å². The molecule has 1 aliphatic rings. The molecule has 0 radical (unpaired) electrons. The number of phenolic OH excluding ortho intramolecular Hbond substituents is 1. The fourth-order valence-corrected chi connectivity index (χ4v) is 2.19. The number of nitrogens with zero attached hydrogens (tertiary/aromatic N) is 1. The van der Waals surface area contributed by atoms with Gasteiger partial charge in [-0.3, -0.25) is 4.79 Å². The highest BCUT2D eigenvalue weighted by atomic mass is 16.5. The highest BCUT2D eigenvalue weighted by molar-refractivity contribution is 5.95. The average molecular weight is 312 g/mol. The predicted molar refractivity (Wildman–Crippen MR) is 85.2 cm³/mol. The molecule has 0 saturated heterocycles. The number of benzene rings is 2. The van der Waals surface area contributed by atoms with Crippen molar-refractivity contribution in [2.45, 2.75) is 6.42 Å². The summed E-state index contributed by atoms with van der Waals surface area (Å²) in [4.78, 5) is 11.9. The molecule has 23 heavy (non-hydrogen) atoms. The fourth-order valence-electron chi connectivity index (χ4n) is 2.19. The minimum atomic E-state index is -0.406. The highest BCUT2D eigenvalue weighted by Crippen LogP contribution is 2.32. The van der Waals surface area contributed by atoms with Crippen LogP contribution in [0.15, 0.2) is 47.6 Å². The van der Waals surface area contributed by atoms with E-state index in [-0.39, 0.29) is 5.75 Å². The van der Waals surface area contributed by atoms with Gasteiger partial charge in [-0.1, -0.05) is 12.1 Å². The first kappa shape index (κ1) is 14.9. The van der Waals surface area contributed by atoms with Crippen molar-refractivity contribution in [1.82, 2.24) is 5.43 Å². The molecule has 0 saturated carbocycles. The van der Waals surface area contributed by atoms with Crippen LogP contribution >= 0.6 is 0 Å². The molecule has 1 aliphatic heterocycles. The molecule has 0 aliphatic carbocycles. The summed E-state index contributed by atoms with van der Waals surface area (Å²) in [6, 6.07) is 11.6. The van der Waals surface area contributed by atoms with E-state index in [4.69, 9.17) is 9.47 Å². The molecule has 0 unspecified atom stereocenters. The van der Waals surface area contributed by atoms with E-state index in [2.05, 4.69) is 10.5 Å². The van der Waals surface area contributed by atoms with E-state index in [9.17, 15) is 9.90 Å². The molecular weight excluding hydrogens is 296 g/mol. The molecule has 6 heteroatoms. The first-order chi connectivity index (χ1) is 11.2. The van der Waals surface area contributed by atoms with Crippen molar-refractivity contribution in [3.8, 4) is 17.2 Å². The van der Waals surface area contributed by atoms with Gasteiger partial charge >= 0.3 is 0 Å². The lowest BCUT2D eigenvalue weighted by Gasteiger charge is -2.09. The van der Waals surface area contributed by atoms with Gasteiger partial charge in [-0.2, -0.15) is 5.10 Å². The second-order valence-corrected chi connectivity index (χ2v) is 4.97. The van der Waals surface area contributed by atoms with Crippen molar-refractivity contribution in [1.29, 1.82) is 0 Å². The number of para-hydroxylation sites is 1. The first-order valence-electron chi connectivity index (χ1n) is 7.25. The number of aromatic hydroxyl groups is 1. The van der Waals surface area contributed by atoms with E-state index in [1.807, 2.05) is 18.2 Å². The van der Waals surface area contributed by atoms with Gasteiger partial charge < -0.3 is 14.6 Å². The van der Waals surface area contributed by atoms with Crippen molar-refractivity contribution >= 4 is 12.1 Å². The molecule has 1 heterocycles. The summed E-state index contributed by atoms with van der Waals surface area (Å²) >= 11 is 0. The summed E-state index contributed by atoms with van der Waals surface area (Å²) in [5.74, 6) is 0.919. The Morgan fingerprint density at radius 2 is 2.00 bits per heavy atom. The van der Waals surface area contributed by atoms with Gasteiger partial charge in [0.15, 0.2) is 11.5 Å². The van der Waals surface area contributed by atoms with Crippen LogP contribution in [-0.2, 0) is 0 Å². The number of rotatable bonds is 3. The van der Waals surface area contributed by atoms with Crippen molar-refractivity contribution in [3.63, 3.8) is 0 Å². The number of hydrogen-bond donors (Lipinski definition) is 2. The number of fused-ring (bicyclic) bond motifs is 1. The van der Waals surface area contributed by atoms with Gasteiger partial charge in [-0.15, -0.1) is 0 Å². The Hall–Kier alpha value is -3.02. The summed E-state index contributed by atoms with van der Waals surface area (Å²) in [5.41, 5.74) is 3.47. The molecule has 0 spiro atoms. The van der Waals surface area contributed by atoms with E-state index in [1.165, 1.54) is 18.3 Å². The summed E-state index contributed by atoms with van der Waals surface area (Å²) < 4.78 is 11.3. The summed E-state index contributed by atoms with van der Waals surface area (Å²) in [6.07, 6.45) is 2.33. The largest absolute Gasteiger partial charge is 0.508 e. The number of carbonyl (C=O) groups excluding carboxylic acids is 1. The van der Waals surface area contributed by atoms with Gasteiger partial charge in [0.2, 0.25) is 0 Å². The molecule has 3 rings (SSSR count). The monoisotopic (exact) mass is 312 g/mol. The maximum atomic E-state index is 11.9. The third-order valence-corrected chi connectivity index (χ3v) is 3.28. The lowest BCUT2D eigenvalue weighted by atomic mass is 10.2. The standard InChI is InChI=1S/C17H16N2O4/c20-14-6-1-4-12(10-14)17(21)19-18-11-13-5-2-7-15-16(13)23-9-3-8-22-15/h1-2,4-7,10-11,20H,3,8-9H2,(H,19,21)/b18-11+. The molecule has 0 aromatic heterocycles. The number of hydrogen-bond acceptors (Lipinski definition) is 5. The summed E-state index contributed by atoms with van der Waals surface area (Å²) in [7, 11) is 0. The fraction of sp³-hybridized carbons (Fsp3) is 0.176. The Kier molecular flexibility index (Phi) is 4.42. The third-order valence-electron chi connectivity index (χ3n) is 3.28. The first-order valence-corrected chi connectivity index (χ1v) is 7.25. The lowest BCUT2D eigenvalue weighted by molar-refractivity contribution is 0.0954. The Bertz CT molecular complexity index is 743. The second kappa shape index (κ2) is 6.83. The van der Waals surface area contributed by atoms with Crippen molar-refractivity contribution < 1.29 is 19.4 Å². The zero-order valence-electron chi connectivity index (χ0n) is 12.4. The Labute approximate surface area is 133 Å². The lowest BCUT2D eigenvalue weighted by Crippen LogP contribution is -2.17. The van der Waals surface area contributed by atoms with E-state index in [0.29, 0.717) is 30.3 Å². The topological polar surface area (TPSA) is 80.2 Å². The molecule has 6 nitrogen and oxygen atoms in total. The molecule has 2 N–H and O–H groups in total. The van der Waals surface area contributed by atoms with E-state index in [1.54, 1.807) is 12.1 Å². The number of phenols is 1. The average Bonchev–Trinajstić information content (AvgIpc) is 2.81. The maximum absolute atomic E-state index is 11.9. The Morgan fingerprint density at radius 1 is 1.17 bits per heavy atom. The van der Waals surface area contributed by atoms with Crippen LogP contribution in [0, 0.1) is 0 Å². The van der Waals surface area contributed by atoms with Crippen LogP contribution in [0.2, 0.25) is 0 Å². The van der Waals surface area contributed by atoms with Crippen LogP contribution in [-0.4, -0.2) is 30.4 Å². The Balaban J connectivity index is 1.72. The molecule has 2 aromatic rings. The number of ether oxygens (including phenoxy) is 2. The highest BCUT2D eigenvalue weighted by Gasteiger charge is 2.13. The van der Waals surface area contributed by atoms with Gasteiger partial charge in [-0.25, -0.2) is 5.43 Å². The van der Waals surface area contributed by atoms with Crippen molar-refractivity contribution in [3.05, 3.63) is 53.6 Å². The zero-order valence-corrected chi connectivity index (χ0v) is 12.4. The number of nitrogens with one attached hydrogen (secondary N) is 1. The number of carbonyl (C=O) groups is 1. The van der Waals surface area contributed by atoms with Gasteiger partial charge in [0.1, 0.15) is 5.75 Å². The third kappa shape index (κ3) is 3.60. The molecule has 2 aromatic carbocycles. The van der Waals surface area contributed by atoms with Crippen LogP contribution in [0.5, 0.6) is 17.2 Å². The summed E-state index contributed by atoms with van der Waals surface area (Å²) in [5, 5.41) is 13.3. The van der Waals surface area contributed by atoms with Gasteiger partial charge in [-0.05, 0) is 30.3 Å². The molecule has 0 fully saturated rings. The molecule has 118 valence electrons. The second-order valence-electron chi connectivity index (χ2n) is 4.97. The molecule has 0 atom stereocenters. The molecule has 0 bridgehead atoms. The van der Waals surface area contributed by atoms with Crippen LogP contribution in [0.1, 0.15) is 22.3 Å². The number of hydrazone groups is 1.